The number of H-pyrrole nitrogens is 1. The predicted molar refractivity (Wildman–Crippen MR) is 162 cm³/mol. The quantitative estimate of drug-likeness (QED) is 0.111. The summed E-state index contributed by atoms with van der Waals surface area (Å²) >= 11 is 0. The lowest BCUT2D eigenvalue weighted by molar-refractivity contribution is -0.336. The molecule has 3 aliphatic rings. The Labute approximate surface area is 270 Å². The summed E-state index contributed by atoms with van der Waals surface area (Å²) in [6.07, 6.45) is -13.4. The van der Waals surface area contributed by atoms with Gasteiger partial charge in [-0.25, -0.2) is 0 Å². The molecule has 6 rings (SSSR count). The Morgan fingerprint density at radius 2 is 1.55 bits per heavy atom. The van der Waals surface area contributed by atoms with Gasteiger partial charge in [-0.2, -0.15) is 0 Å². The second-order valence-electron chi connectivity index (χ2n) is 12.2. The molecule has 1 aromatic heterocycles. The summed E-state index contributed by atoms with van der Waals surface area (Å²) in [5.41, 5.74) is 2.68. The van der Waals surface area contributed by atoms with E-state index in [2.05, 4.69) is 10.3 Å². The van der Waals surface area contributed by atoms with Gasteiger partial charge >= 0.3 is 0 Å². The normalized spacial score (nSPS) is 33.6. The molecule has 15 heteroatoms. The van der Waals surface area contributed by atoms with Crippen molar-refractivity contribution in [3.63, 3.8) is 0 Å². The molecule has 12 atom stereocenters. The molecule has 3 aromatic rings. The summed E-state index contributed by atoms with van der Waals surface area (Å²) in [6, 6.07) is 13.5. The van der Waals surface area contributed by atoms with Crippen LogP contribution in [-0.4, -0.2) is 135 Å². The predicted octanol–water partition coefficient (Wildman–Crippen LogP) is -1.20. The minimum atomic E-state index is -1.68. The third kappa shape index (κ3) is 7.41. The van der Waals surface area contributed by atoms with Gasteiger partial charge in [-0.15, -0.1) is 0 Å². The zero-order valence-corrected chi connectivity index (χ0v) is 25.7. The lowest BCUT2D eigenvalue weighted by Crippen LogP contribution is -2.62. The molecule has 0 spiro atoms. The first-order valence-corrected chi connectivity index (χ1v) is 15.6. The van der Waals surface area contributed by atoms with Crippen LogP contribution in [0.1, 0.15) is 24.2 Å². The third-order valence-electron chi connectivity index (χ3n) is 8.82. The number of fused-ring (bicyclic) bond motifs is 2. The fourth-order valence-electron chi connectivity index (χ4n) is 6.04. The Balaban J connectivity index is 1.14. The number of hydrogen-bond acceptors (Lipinski definition) is 14. The Bertz CT molecular complexity index is 1470. The molecule has 9 N–H and O–H groups in total. The van der Waals surface area contributed by atoms with E-state index in [1.165, 1.54) is 0 Å². The average molecular weight is 663 g/mol. The highest BCUT2D eigenvalue weighted by Crippen LogP contribution is 2.33. The van der Waals surface area contributed by atoms with Crippen LogP contribution in [-0.2, 0) is 25.4 Å². The highest BCUT2D eigenvalue weighted by atomic mass is 16.7. The molecule has 258 valence electrons. The molecule has 15 nitrogen and oxygen atoms in total. The standard InChI is InChI=1S/C32H42N2O13/c1-15(8-16-2-5-20-21(9-16)44-14-43-20)34-11-22(18-4-3-17-6-7-33-19(17)10-18)45-32-30(41)28(39)26(37)24(47-32)13-42-31-29(40)27(38)25(36)23(12-35)46-31/h2-7,9-10,15,22-41H,8,11-14H2,1H3/t15?,22-,23+,24+,25+,26+,27-,28-,29+,30+,31+,32+/m0/s1. The smallest absolute Gasteiger partial charge is 0.231 e. The number of hydrogen-bond donors (Lipinski definition) is 9. The van der Waals surface area contributed by atoms with Gasteiger partial charge in [0, 0.05) is 24.3 Å². The number of rotatable bonds is 12. The minimum absolute atomic E-state index is 0.0139. The maximum atomic E-state index is 10.9. The Hall–Kier alpha value is -2.90. The van der Waals surface area contributed by atoms with Gasteiger partial charge in [0.15, 0.2) is 24.1 Å². The van der Waals surface area contributed by atoms with Crippen LogP contribution in [0, 0.1) is 0 Å². The summed E-state index contributed by atoms with van der Waals surface area (Å²) in [5.74, 6) is 1.40. The van der Waals surface area contributed by atoms with E-state index in [9.17, 15) is 35.7 Å². The van der Waals surface area contributed by atoms with Crippen molar-refractivity contribution in [3.8, 4) is 11.5 Å². The first-order valence-electron chi connectivity index (χ1n) is 15.6. The van der Waals surface area contributed by atoms with Gasteiger partial charge in [-0.3, -0.25) is 0 Å². The van der Waals surface area contributed by atoms with Crippen molar-refractivity contribution in [1.29, 1.82) is 0 Å². The molecule has 2 aromatic carbocycles. The zero-order chi connectivity index (χ0) is 33.2. The number of ether oxygens (including phenoxy) is 6. The van der Waals surface area contributed by atoms with Gasteiger partial charge in [0.1, 0.15) is 48.8 Å². The second kappa shape index (κ2) is 14.7. The molecule has 0 bridgehead atoms. The summed E-state index contributed by atoms with van der Waals surface area (Å²) in [7, 11) is 0. The first kappa shape index (κ1) is 34.0. The van der Waals surface area contributed by atoms with Crippen molar-refractivity contribution in [1.82, 2.24) is 10.3 Å². The summed E-state index contributed by atoms with van der Waals surface area (Å²) in [4.78, 5) is 3.18. The van der Waals surface area contributed by atoms with Gasteiger partial charge in [0.05, 0.1) is 19.3 Å². The van der Waals surface area contributed by atoms with Gasteiger partial charge in [0.25, 0.3) is 0 Å². The molecule has 1 unspecified atom stereocenters. The number of nitrogens with one attached hydrogen (secondary N) is 2. The van der Waals surface area contributed by atoms with Gasteiger partial charge in [-0.05, 0) is 54.1 Å². The van der Waals surface area contributed by atoms with Crippen LogP contribution in [0.25, 0.3) is 10.9 Å². The van der Waals surface area contributed by atoms with Crippen molar-refractivity contribution in [2.45, 2.75) is 86.9 Å². The van der Waals surface area contributed by atoms with E-state index in [1.54, 1.807) is 0 Å². The lowest BCUT2D eigenvalue weighted by Gasteiger charge is -2.43. The Kier molecular flexibility index (Phi) is 10.6. The molecular formula is C32H42N2O13. The minimum Gasteiger partial charge on any atom is -0.454 e. The maximum Gasteiger partial charge on any atom is 0.231 e. The van der Waals surface area contributed by atoms with Crippen LogP contribution in [0.5, 0.6) is 11.5 Å². The molecule has 0 amide bonds. The SMILES string of the molecule is CC(Cc1ccc2c(c1)OCO2)NC[C@H](O[C@@H]1O[C@H](CO[C@@H]2O[C@H](CO)[C@@H](O)[C@H](O)[C@H]2O)[C@@H](O)[C@H](O)[C@H]1O)c1ccc2cc[nH]c2c1. The Morgan fingerprint density at radius 1 is 0.830 bits per heavy atom. The van der Waals surface area contributed by atoms with Gasteiger partial charge in [0.2, 0.25) is 6.79 Å². The van der Waals surface area contributed by atoms with Crippen molar-refractivity contribution in [2.75, 3.05) is 26.6 Å². The van der Waals surface area contributed by atoms with E-state index in [4.69, 9.17) is 28.4 Å². The molecule has 2 fully saturated rings. The van der Waals surface area contributed by atoms with Gasteiger partial charge in [-0.1, -0.05) is 18.2 Å². The summed E-state index contributed by atoms with van der Waals surface area (Å²) < 4.78 is 34.0. The topological polar surface area (TPSA) is 225 Å². The van der Waals surface area contributed by atoms with Gasteiger partial charge < -0.3 is 74.5 Å². The van der Waals surface area contributed by atoms with Crippen LogP contribution >= 0.6 is 0 Å². The summed E-state index contributed by atoms with van der Waals surface area (Å²) in [6.45, 7) is 1.40. The number of aliphatic hydroxyl groups is 7. The molecular weight excluding hydrogens is 620 g/mol. The van der Waals surface area contributed by atoms with Crippen molar-refractivity contribution < 1.29 is 64.2 Å². The van der Waals surface area contributed by atoms with Crippen molar-refractivity contribution in [2.24, 2.45) is 0 Å². The van der Waals surface area contributed by atoms with E-state index >= 15 is 0 Å². The highest BCUT2D eigenvalue weighted by molar-refractivity contribution is 5.79. The largest absolute Gasteiger partial charge is 0.454 e. The zero-order valence-electron chi connectivity index (χ0n) is 25.7. The molecule has 0 radical (unpaired) electrons. The first-order chi connectivity index (χ1) is 22.6. The van der Waals surface area contributed by atoms with E-state index in [0.29, 0.717) is 17.9 Å². The average Bonchev–Trinajstić information content (AvgIpc) is 3.75. The molecule has 0 aliphatic carbocycles. The number of benzene rings is 2. The van der Waals surface area contributed by atoms with Crippen LogP contribution in [0.4, 0.5) is 0 Å². The maximum absolute atomic E-state index is 10.9. The van der Waals surface area contributed by atoms with Crippen molar-refractivity contribution in [3.05, 3.63) is 59.8 Å². The van der Waals surface area contributed by atoms with Crippen LogP contribution in [0.3, 0.4) is 0 Å². The van der Waals surface area contributed by atoms with Crippen LogP contribution < -0.4 is 14.8 Å². The fraction of sp³-hybridized carbons (Fsp3) is 0.562. The molecule has 47 heavy (non-hydrogen) atoms. The van der Waals surface area contributed by atoms with Crippen molar-refractivity contribution >= 4 is 10.9 Å². The van der Waals surface area contributed by atoms with E-state index in [0.717, 1.165) is 22.0 Å². The number of aromatic amines is 1. The monoisotopic (exact) mass is 662 g/mol. The van der Waals surface area contributed by atoms with Crippen LogP contribution in [0.15, 0.2) is 48.7 Å². The molecule has 3 aliphatic heterocycles. The second-order valence-corrected chi connectivity index (χ2v) is 12.2. The molecule has 0 saturated carbocycles. The fourth-order valence-corrected chi connectivity index (χ4v) is 6.04. The number of aromatic nitrogens is 1. The molecule has 4 heterocycles. The van der Waals surface area contributed by atoms with E-state index in [-0.39, 0.29) is 19.4 Å². The summed E-state index contributed by atoms with van der Waals surface area (Å²) in [5, 5.41) is 76.7. The lowest BCUT2D eigenvalue weighted by atomic mass is 9.98. The highest BCUT2D eigenvalue weighted by Gasteiger charge is 2.48. The molecule has 2 saturated heterocycles. The van der Waals surface area contributed by atoms with Crippen LogP contribution in [0.2, 0.25) is 0 Å². The van der Waals surface area contributed by atoms with E-state index < -0.39 is 80.7 Å². The third-order valence-corrected chi connectivity index (χ3v) is 8.82. The number of aliphatic hydroxyl groups excluding tert-OH is 7. The Morgan fingerprint density at radius 3 is 2.34 bits per heavy atom. The van der Waals surface area contributed by atoms with E-state index in [1.807, 2.05) is 55.6 Å².